The van der Waals surface area contributed by atoms with Crippen molar-refractivity contribution >= 4 is 6.09 Å². The Morgan fingerprint density at radius 1 is 1.25 bits per heavy atom. The molecule has 28 heavy (non-hydrogen) atoms. The molecular formula is C19H26N6O3. The van der Waals surface area contributed by atoms with E-state index in [0.29, 0.717) is 24.3 Å². The lowest BCUT2D eigenvalue weighted by atomic mass is 9.89. The van der Waals surface area contributed by atoms with Gasteiger partial charge in [0.1, 0.15) is 0 Å². The first-order chi connectivity index (χ1) is 13.7. The van der Waals surface area contributed by atoms with Gasteiger partial charge in [-0.25, -0.2) is 9.48 Å². The Balaban J connectivity index is 1.30. The van der Waals surface area contributed by atoms with Crippen LogP contribution < -0.4 is 0 Å². The van der Waals surface area contributed by atoms with Gasteiger partial charge in [-0.1, -0.05) is 23.2 Å². The Morgan fingerprint density at radius 3 is 2.82 bits per heavy atom. The number of carbonyl (C=O) groups is 1. The predicted molar refractivity (Wildman–Crippen MR) is 97.6 cm³/mol. The minimum atomic E-state index is -0.331. The molecule has 1 atom stereocenters. The zero-order valence-electron chi connectivity index (χ0n) is 16.2. The number of ether oxygens (including phenoxy) is 1. The lowest BCUT2D eigenvalue weighted by Crippen LogP contribution is -2.32. The minimum absolute atomic E-state index is 0.180. The second-order valence-electron chi connectivity index (χ2n) is 8.18. The topological polar surface area (TPSA) is 99.2 Å². The molecule has 0 saturated heterocycles. The van der Waals surface area contributed by atoms with Crippen LogP contribution in [0.3, 0.4) is 0 Å². The van der Waals surface area contributed by atoms with Gasteiger partial charge >= 0.3 is 6.09 Å². The second-order valence-corrected chi connectivity index (χ2v) is 8.18. The third-order valence-electron chi connectivity index (χ3n) is 6.25. The highest BCUT2D eigenvalue weighted by Gasteiger charge is 2.35. The maximum absolute atomic E-state index is 12.0. The fourth-order valence-corrected chi connectivity index (χ4v) is 4.55. The number of methoxy groups -OCH3 is 1. The number of nitrogens with zero attached hydrogens (tertiary/aromatic N) is 6. The molecule has 9 heteroatoms. The van der Waals surface area contributed by atoms with Crippen molar-refractivity contribution in [2.24, 2.45) is 0 Å². The number of aryl methyl sites for hydroxylation is 1. The predicted octanol–water partition coefficient (Wildman–Crippen LogP) is 2.78. The highest BCUT2D eigenvalue weighted by atomic mass is 16.5. The summed E-state index contributed by atoms with van der Waals surface area (Å²) in [6, 6.07) is 0.721. The number of fused-ring (bicyclic) bond motifs is 1. The quantitative estimate of drug-likeness (QED) is 0.779. The zero-order chi connectivity index (χ0) is 19.1. The van der Waals surface area contributed by atoms with Crippen LogP contribution in [0.2, 0.25) is 0 Å². The molecule has 0 aliphatic heterocycles. The van der Waals surface area contributed by atoms with E-state index >= 15 is 0 Å². The summed E-state index contributed by atoms with van der Waals surface area (Å²) in [7, 11) is 1.40. The number of carbonyl (C=O) groups excluding carboxylic acids is 1. The van der Waals surface area contributed by atoms with Gasteiger partial charge in [-0.2, -0.15) is 4.98 Å². The van der Waals surface area contributed by atoms with E-state index in [1.807, 2.05) is 0 Å². The van der Waals surface area contributed by atoms with Crippen LogP contribution in [0.15, 0.2) is 4.52 Å². The monoisotopic (exact) mass is 386 g/mol. The number of rotatable bonds is 5. The van der Waals surface area contributed by atoms with Gasteiger partial charge in [0, 0.05) is 18.4 Å². The van der Waals surface area contributed by atoms with Crippen molar-refractivity contribution in [2.45, 2.75) is 82.3 Å². The van der Waals surface area contributed by atoms with Crippen LogP contribution in [0.4, 0.5) is 4.79 Å². The smallest absolute Gasteiger partial charge is 0.410 e. The molecule has 0 bridgehead atoms. The van der Waals surface area contributed by atoms with E-state index in [9.17, 15) is 4.79 Å². The average Bonchev–Trinajstić information content (AvgIpc) is 3.13. The van der Waals surface area contributed by atoms with Gasteiger partial charge in [-0.05, 0) is 38.5 Å². The van der Waals surface area contributed by atoms with E-state index in [-0.39, 0.29) is 18.1 Å². The minimum Gasteiger partial charge on any atom is -0.453 e. The number of amides is 1. The van der Waals surface area contributed by atoms with Crippen LogP contribution in [0, 0.1) is 0 Å². The molecule has 2 aromatic heterocycles. The number of aromatic nitrogens is 5. The molecule has 2 saturated carbocycles. The summed E-state index contributed by atoms with van der Waals surface area (Å²) in [5.74, 6) is 1.38. The van der Waals surface area contributed by atoms with Crippen molar-refractivity contribution < 1.29 is 14.1 Å². The van der Waals surface area contributed by atoms with Gasteiger partial charge in [0.2, 0.25) is 5.89 Å². The van der Waals surface area contributed by atoms with Crippen LogP contribution in [0.1, 0.15) is 80.0 Å². The first-order valence-electron chi connectivity index (χ1n) is 10.3. The van der Waals surface area contributed by atoms with E-state index in [2.05, 4.69) is 25.1 Å². The van der Waals surface area contributed by atoms with Crippen molar-refractivity contribution in [2.75, 3.05) is 7.11 Å². The molecule has 2 heterocycles. The Bertz CT molecular complexity index is 852. The molecule has 150 valence electrons. The standard InChI is InChI=1S/C19H26N6O3/c1-27-19(26)24(13-7-8-13)11-17-20-18(28-22-17)12-6-9-15-16(10-12)25(23-21-15)14-4-2-3-5-14/h12-14H,2-11H2,1H3. The maximum atomic E-state index is 12.0. The van der Waals surface area contributed by atoms with E-state index in [4.69, 9.17) is 9.26 Å². The summed E-state index contributed by atoms with van der Waals surface area (Å²) in [5.41, 5.74) is 2.35. The SMILES string of the molecule is COC(=O)N(Cc1noc(C2CCc3nnn(C4CCCC4)c3C2)n1)C1CC1. The summed E-state index contributed by atoms with van der Waals surface area (Å²) in [4.78, 5) is 18.3. The summed E-state index contributed by atoms with van der Waals surface area (Å²) in [6.07, 6.45) is 9.26. The Hall–Kier alpha value is -2.45. The summed E-state index contributed by atoms with van der Waals surface area (Å²) < 4.78 is 12.6. The molecule has 1 amide bonds. The average molecular weight is 386 g/mol. The fraction of sp³-hybridized carbons (Fsp3) is 0.737. The van der Waals surface area contributed by atoms with E-state index < -0.39 is 0 Å². The van der Waals surface area contributed by atoms with Crippen molar-refractivity contribution in [3.63, 3.8) is 0 Å². The molecule has 2 aromatic rings. The molecule has 9 nitrogen and oxygen atoms in total. The van der Waals surface area contributed by atoms with Crippen LogP contribution in [-0.4, -0.2) is 49.3 Å². The van der Waals surface area contributed by atoms with Crippen LogP contribution in [-0.2, 0) is 24.1 Å². The first-order valence-corrected chi connectivity index (χ1v) is 10.3. The van der Waals surface area contributed by atoms with Gasteiger partial charge in [0.05, 0.1) is 31.1 Å². The zero-order valence-corrected chi connectivity index (χ0v) is 16.2. The van der Waals surface area contributed by atoms with Crippen LogP contribution >= 0.6 is 0 Å². The van der Waals surface area contributed by atoms with Crippen molar-refractivity contribution in [3.05, 3.63) is 23.1 Å². The maximum Gasteiger partial charge on any atom is 0.410 e. The lowest BCUT2D eigenvalue weighted by molar-refractivity contribution is 0.116. The fourth-order valence-electron chi connectivity index (χ4n) is 4.55. The molecular weight excluding hydrogens is 360 g/mol. The van der Waals surface area contributed by atoms with E-state index in [1.54, 1.807) is 4.90 Å². The van der Waals surface area contributed by atoms with Gasteiger partial charge in [-0.3, -0.25) is 4.90 Å². The summed E-state index contributed by atoms with van der Waals surface area (Å²) >= 11 is 0. The molecule has 0 N–H and O–H groups in total. The van der Waals surface area contributed by atoms with Gasteiger partial charge in [-0.15, -0.1) is 5.10 Å². The molecule has 0 spiro atoms. The Morgan fingerprint density at radius 2 is 2.07 bits per heavy atom. The van der Waals surface area contributed by atoms with Crippen LogP contribution in [0.25, 0.3) is 0 Å². The highest BCUT2D eigenvalue weighted by molar-refractivity contribution is 5.68. The third kappa shape index (κ3) is 3.27. The summed E-state index contributed by atoms with van der Waals surface area (Å²) in [6.45, 7) is 0.334. The molecule has 2 fully saturated rings. The molecule has 0 radical (unpaired) electrons. The van der Waals surface area contributed by atoms with Crippen molar-refractivity contribution in [1.82, 2.24) is 30.0 Å². The van der Waals surface area contributed by atoms with Gasteiger partial charge in [0.15, 0.2) is 5.82 Å². The number of hydrogen-bond acceptors (Lipinski definition) is 7. The van der Waals surface area contributed by atoms with Gasteiger partial charge < -0.3 is 9.26 Å². The van der Waals surface area contributed by atoms with E-state index in [0.717, 1.165) is 37.8 Å². The summed E-state index contributed by atoms with van der Waals surface area (Å²) in [5, 5.41) is 13.0. The van der Waals surface area contributed by atoms with Crippen LogP contribution in [0.5, 0.6) is 0 Å². The molecule has 5 rings (SSSR count). The van der Waals surface area contributed by atoms with Gasteiger partial charge in [0.25, 0.3) is 0 Å². The van der Waals surface area contributed by atoms with Crippen molar-refractivity contribution in [3.8, 4) is 0 Å². The first kappa shape index (κ1) is 17.6. The van der Waals surface area contributed by atoms with E-state index in [1.165, 1.54) is 38.5 Å². The normalized spacial score (nSPS) is 22.2. The molecule has 3 aliphatic carbocycles. The third-order valence-corrected chi connectivity index (χ3v) is 6.25. The Kier molecular flexibility index (Phi) is 4.52. The molecule has 0 aromatic carbocycles. The number of hydrogen-bond donors (Lipinski definition) is 0. The molecule has 3 aliphatic rings. The Labute approximate surface area is 163 Å². The lowest BCUT2D eigenvalue weighted by Gasteiger charge is -2.21. The molecule has 1 unspecified atom stereocenters. The largest absolute Gasteiger partial charge is 0.453 e. The van der Waals surface area contributed by atoms with Crippen molar-refractivity contribution in [1.29, 1.82) is 0 Å². The second kappa shape index (κ2) is 7.18. The highest BCUT2D eigenvalue weighted by Crippen LogP contribution is 2.36.